The number of hydrogen-bond acceptors (Lipinski definition) is 5. The molecule has 1 amide bonds. The van der Waals surface area contributed by atoms with Gasteiger partial charge in [-0.3, -0.25) is 9.59 Å². The molecule has 0 aromatic carbocycles. The third kappa shape index (κ3) is 43.7. The van der Waals surface area contributed by atoms with E-state index in [1.807, 2.05) is 6.08 Å². The van der Waals surface area contributed by atoms with E-state index in [-0.39, 0.29) is 18.5 Å². The van der Waals surface area contributed by atoms with Crippen LogP contribution in [0.15, 0.2) is 36.5 Å². The molecular weight excluding hydrogens is 719 g/mol. The van der Waals surface area contributed by atoms with Crippen molar-refractivity contribution in [3.63, 3.8) is 0 Å². The molecule has 0 rings (SSSR count). The fourth-order valence-corrected chi connectivity index (χ4v) is 7.45. The maximum Gasteiger partial charge on any atom is 0.305 e. The van der Waals surface area contributed by atoms with Crippen LogP contribution in [0.25, 0.3) is 0 Å². The van der Waals surface area contributed by atoms with Gasteiger partial charge >= 0.3 is 5.97 Å². The van der Waals surface area contributed by atoms with Crippen LogP contribution < -0.4 is 5.32 Å². The van der Waals surface area contributed by atoms with Crippen LogP contribution in [0.1, 0.15) is 258 Å². The second-order valence-corrected chi connectivity index (χ2v) is 17.1. The number of allylic oxidation sites excluding steroid dienone is 5. The summed E-state index contributed by atoms with van der Waals surface area (Å²) in [5.74, 6) is -0.176. The summed E-state index contributed by atoms with van der Waals surface area (Å²) in [6.45, 7) is 4.79. The van der Waals surface area contributed by atoms with Gasteiger partial charge in [0.15, 0.2) is 0 Å². The second kappa shape index (κ2) is 47.8. The average Bonchev–Trinajstić information content (AvgIpc) is 3.22. The van der Waals surface area contributed by atoms with Gasteiger partial charge in [0.1, 0.15) is 0 Å². The number of carbonyl (C=O) groups excluding carboxylic acids is 2. The monoisotopic (exact) mass is 816 g/mol. The lowest BCUT2D eigenvalue weighted by molar-refractivity contribution is -0.143. The van der Waals surface area contributed by atoms with Crippen LogP contribution in [0.3, 0.4) is 0 Å². The van der Waals surface area contributed by atoms with E-state index < -0.39 is 12.1 Å². The van der Waals surface area contributed by atoms with Crippen molar-refractivity contribution in [3.8, 4) is 0 Å². The van der Waals surface area contributed by atoms with E-state index in [0.29, 0.717) is 19.4 Å². The maximum atomic E-state index is 12.4. The van der Waals surface area contributed by atoms with Gasteiger partial charge in [-0.1, -0.05) is 204 Å². The van der Waals surface area contributed by atoms with Gasteiger partial charge in [0.25, 0.3) is 0 Å². The molecule has 3 N–H and O–H groups in total. The van der Waals surface area contributed by atoms with E-state index in [0.717, 1.165) is 70.6 Å². The Balaban J connectivity index is 3.60. The predicted molar refractivity (Wildman–Crippen MR) is 250 cm³/mol. The van der Waals surface area contributed by atoms with Crippen LogP contribution in [0.4, 0.5) is 0 Å². The molecule has 0 bridgehead atoms. The number of esters is 1. The number of aliphatic hydroxyl groups is 2. The molecule has 0 aromatic heterocycles. The molecule has 6 nitrogen and oxygen atoms in total. The molecule has 2 atom stereocenters. The SMILES string of the molecule is CCCCCC/C=C\CCCCCCCC(=O)OCCCCCC/C=C\CCCC(=O)NC(CO)C(O)/C=C/CCCCCCCCCCCCCCCCCCC. The zero-order valence-electron chi connectivity index (χ0n) is 38.5. The van der Waals surface area contributed by atoms with Crippen molar-refractivity contribution in [2.24, 2.45) is 0 Å². The molecule has 6 heteroatoms. The van der Waals surface area contributed by atoms with Gasteiger partial charge in [0.05, 0.1) is 25.4 Å². The number of amides is 1. The van der Waals surface area contributed by atoms with Crippen molar-refractivity contribution in [1.82, 2.24) is 5.32 Å². The summed E-state index contributed by atoms with van der Waals surface area (Å²) in [6, 6.07) is -0.666. The molecule has 0 radical (unpaired) electrons. The first kappa shape index (κ1) is 56.1. The number of nitrogens with one attached hydrogen (secondary N) is 1. The highest BCUT2D eigenvalue weighted by Gasteiger charge is 2.17. The highest BCUT2D eigenvalue weighted by atomic mass is 16.5. The lowest BCUT2D eigenvalue weighted by Gasteiger charge is -2.19. The molecule has 0 aromatic rings. The van der Waals surface area contributed by atoms with Crippen LogP contribution in [-0.2, 0) is 14.3 Å². The number of ether oxygens (including phenoxy) is 1. The zero-order chi connectivity index (χ0) is 42.3. The first-order valence-corrected chi connectivity index (χ1v) is 25.3. The largest absolute Gasteiger partial charge is 0.466 e. The Bertz CT molecular complexity index is 946. The topological polar surface area (TPSA) is 95.9 Å². The minimum absolute atomic E-state index is 0.0476. The fourth-order valence-electron chi connectivity index (χ4n) is 7.45. The quantitative estimate of drug-likeness (QED) is 0.0323. The van der Waals surface area contributed by atoms with E-state index in [2.05, 4.69) is 43.5 Å². The van der Waals surface area contributed by atoms with Crippen LogP contribution >= 0.6 is 0 Å². The third-order valence-electron chi connectivity index (χ3n) is 11.4. The Morgan fingerprint density at radius 3 is 1.28 bits per heavy atom. The molecule has 0 fully saturated rings. The second-order valence-electron chi connectivity index (χ2n) is 17.1. The number of carbonyl (C=O) groups is 2. The Labute approximate surface area is 360 Å². The smallest absolute Gasteiger partial charge is 0.305 e. The van der Waals surface area contributed by atoms with Crippen LogP contribution in [-0.4, -0.2) is 47.4 Å². The van der Waals surface area contributed by atoms with Gasteiger partial charge in [0, 0.05) is 12.8 Å². The van der Waals surface area contributed by atoms with Crippen molar-refractivity contribution in [1.29, 1.82) is 0 Å². The van der Waals surface area contributed by atoms with Crippen molar-refractivity contribution >= 4 is 11.9 Å². The van der Waals surface area contributed by atoms with E-state index in [9.17, 15) is 19.8 Å². The van der Waals surface area contributed by atoms with E-state index >= 15 is 0 Å². The molecule has 0 spiro atoms. The van der Waals surface area contributed by atoms with Gasteiger partial charge in [-0.15, -0.1) is 0 Å². The lowest BCUT2D eigenvalue weighted by atomic mass is 10.0. The molecule has 0 aliphatic rings. The van der Waals surface area contributed by atoms with E-state index in [4.69, 9.17) is 4.74 Å². The summed E-state index contributed by atoms with van der Waals surface area (Å²) >= 11 is 0. The predicted octanol–water partition coefficient (Wildman–Crippen LogP) is 14.9. The molecule has 0 saturated heterocycles. The van der Waals surface area contributed by atoms with Crippen molar-refractivity contribution < 1.29 is 24.5 Å². The standard InChI is InChI=1S/C52H97NO5/c1-3-5-7-9-11-13-15-17-18-19-20-21-22-24-25-28-32-36-40-44-50(55)49(48-54)53-51(56)45-41-37-33-29-27-31-35-39-43-47-58-52(57)46-42-38-34-30-26-23-16-14-12-10-8-6-4-2/h14,16,29,33,40,44,49-50,54-55H,3-13,15,17-28,30-32,34-39,41-43,45-48H2,1-2H3,(H,53,56)/b16-14-,33-29-,44-40+. The Morgan fingerprint density at radius 2 is 0.828 bits per heavy atom. The Morgan fingerprint density at radius 1 is 0.466 bits per heavy atom. The zero-order valence-corrected chi connectivity index (χ0v) is 38.5. The van der Waals surface area contributed by atoms with Gasteiger partial charge in [-0.2, -0.15) is 0 Å². The summed E-state index contributed by atoms with van der Waals surface area (Å²) < 4.78 is 5.42. The Kier molecular flexibility index (Phi) is 46.2. The first-order valence-electron chi connectivity index (χ1n) is 25.3. The van der Waals surface area contributed by atoms with E-state index in [1.54, 1.807) is 6.08 Å². The lowest BCUT2D eigenvalue weighted by Crippen LogP contribution is -2.45. The van der Waals surface area contributed by atoms with Gasteiger partial charge in [0.2, 0.25) is 5.91 Å². The summed E-state index contributed by atoms with van der Waals surface area (Å²) in [4.78, 5) is 24.4. The van der Waals surface area contributed by atoms with Gasteiger partial charge in [-0.05, 0) is 77.0 Å². The van der Waals surface area contributed by atoms with Crippen molar-refractivity contribution in [2.75, 3.05) is 13.2 Å². The van der Waals surface area contributed by atoms with Crippen LogP contribution in [0, 0.1) is 0 Å². The summed E-state index contributed by atoms with van der Waals surface area (Å²) in [6.07, 6.45) is 57.2. The summed E-state index contributed by atoms with van der Waals surface area (Å²) in [5.41, 5.74) is 0. The summed E-state index contributed by atoms with van der Waals surface area (Å²) in [7, 11) is 0. The number of unbranched alkanes of at least 4 members (excludes halogenated alkanes) is 31. The Hall–Kier alpha value is -1.92. The maximum absolute atomic E-state index is 12.4. The van der Waals surface area contributed by atoms with Gasteiger partial charge < -0.3 is 20.3 Å². The highest BCUT2D eigenvalue weighted by Crippen LogP contribution is 2.15. The highest BCUT2D eigenvalue weighted by molar-refractivity contribution is 5.76. The molecule has 340 valence electrons. The van der Waals surface area contributed by atoms with Crippen molar-refractivity contribution in [2.45, 2.75) is 270 Å². The van der Waals surface area contributed by atoms with E-state index in [1.165, 1.54) is 161 Å². The summed E-state index contributed by atoms with van der Waals surface area (Å²) in [5, 5.41) is 23.0. The van der Waals surface area contributed by atoms with Crippen molar-refractivity contribution in [3.05, 3.63) is 36.5 Å². The molecule has 0 aliphatic heterocycles. The minimum Gasteiger partial charge on any atom is -0.466 e. The number of rotatable bonds is 46. The molecule has 0 saturated carbocycles. The molecular formula is C52H97NO5. The number of hydrogen-bond donors (Lipinski definition) is 3. The average molecular weight is 816 g/mol. The first-order chi connectivity index (χ1) is 28.5. The number of aliphatic hydroxyl groups excluding tert-OH is 2. The molecule has 0 heterocycles. The fraction of sp³-hybridized carbons (Fsp3) is 0.846. The minimum atomic E-state index is -0.876. The van der Waals surface area contributed by atoms with Crippen LogP contribution in [0.5, 0.6) is 0 Å². The van der Waals surface area contributed by atoms with Crippen LogP contribution in [0.2, 0.25) is 0 Å². The normalized spacial score (nSPS) is 13.0. The molecule has 2 unspecified atom stereocenters. The molecule has 58 heavy (non-hydrogen) atoms. The molecule has 0 aliphatic carbocycles. The van der Waals surface area contributed by atoms with Gasteiger partial charge in [-0.25, -0.2) is 0 Å². The third-order valence-corrected chi connectivity index (χ3v) is 11.4.